The Bertz CT molecular complexity index is 414. The van der Waals surface area contributed by atoms with Gasteiger partial charge in [0, 0.05) is 39.3 Å². The summed E-state index contributed by atoms with van der Waals surface area (Å²) in [5, 5.41) is 6.45. The van der Waals surface area contributed by atoms with Gasteiger partial charge in [-0.05, 0) is 11.1 Å². The second-order valence-electron chi connectivity index (χ2n) is 4.90. The maximum Gasteiger partial charge on any atom is 0.0206 e. The number of hydrogen-bond acceptors (Lipinski definition) is 4. The molecule has 0 bridgehead atoms. The third kappa shape index (κ3) is 9.26. The molecule has 2 rings (SSSR count). The van der Waals surface area contributed by atoms with E-state index in [9.17, 15) is 0 Å². The molecule has 0 radical (unpaired) electrons. The van der Waals surface area contributed by atoms with E-state index in [0.29, 0.717) is 13.1 Å². The van der Waals surface area contributed by atoms with Crippen molar-refractivity contribution in [3.05, 3.63) is 71.8 Å². The van der Waals surface area contributed by atoms with Gasteiger partial charge in [-0.1, -0.05) is 60.7 Å². The van der Waals surface area contributed by atoms with Crippen LogP contribution in [0.3, 0.4) is 0 Å². The van der Waals surface area contributed by atoms with E-state index in [4.69, 9.17) is 11.5 Å². The van der Waals surface area contributed by atoms with Crippen molar-refractivity contribution >= 4 is 0 Å². The van der Waals surface area contributed by atoms with Crippen LogP contribution < -0.4 is 22.1 Å². The fourth-order valence-electron chi connectivity index (χ4n) is 1.86. The van der Waals surface area contributed by atoms with Gasteiger partial charge in [0.2, 0.25) is 0 Å². The first-order valence-corrected chi connectivity index (χ1v) is 7.76. The molecule has 2 aromatic carbocycles. The molecular formula is C18H28N4. The van der Waals surface area contributed by atoms with Crippen LogP contribution in [0, 0.1) is 0 Å². The number of nitrogens with one attached hydrogen (secondary N) is 2. The van der Waals surface area contributed by atoms with Crippen molar-refractivity contribution in [1.82, 2.24) is 10.6 Å². The highest BCUT2D eigenvalue weighted by molar-refractivity contribution is 5.14. The molecule has 0 aromatic heterocycles. The van der Waals surface area contributed by atoms with Crippen LogP contribution in [-0.4, -0.2) is 26.2 Å². The van der Waals surface area contributed by atoms with E-state index in [-0.39, 0.29) is 0 Å². The first-order chi connectivity index (χ1) is 10.9. The molecule has 4 heteroatoms. The first kappa shape index (κ1) is 18.3. The summed E-state index contributed by atoms with van der Waals surface area (Å²) in [7, 11) is 0. The molecule has 2 aromatic rings. The Labute approximate surface area is 133 Å². The lowest BCUT2D eigenvalue weighted by Gasteiger charge is -2.01. The first-order valence-electron chi connectivity index (χ1n) is 7.76. The highest BCUT2D eigenvalue weighted by Gasteiger charge is 1.88. The van der Waals surface area contributed by atoms with Crippen LogP contribution in [0.4, 0.5) is 0 Å². The second-order valence-corrected chi connectivity index (χ2v) is 4.90. The Hall–Kier alpha value is -1.72. The predicted molar refractivity (Wildman–Crippen MR) is 94.4 cm³/mol. The standard InChI is InChI=1S/2C9H14N2/c2*10-6-7-11-8-9-4-2-1-3-5-9/h2*1-5,11H,6-8,10H2. The SMILES string of the molecule is NCCNCc1ccccc1.NCCNCc1ccccc1. The highest BCUT2D eigenvalue weighted by atomic mass is 14.9. The lowest BCUT2D eigenvalue weighted by atomic mass is 10.2. The van der Waals surface area contributed by atoms with Crippen molar-refractivity contribution in [2.75, 3.05) is 26.2 Å². The molecule has 0 spiro atoms. The molecule has 0 saturated heterocycles. The van der Waals surface area contributed by atoms with Crippen LogP contribution in [0.25, 0.3) is 0 Å². The van der Waals surface area contributed by atoms with E-state index in [1.54, 1.807) is 0 Å². The molecule has 4 nitrogen and oxygen atoms in total. The van der Waals surface area contributed by atoms with Crippen LogP contribution in [0.2, 0.25) is 0 Å². The van der Waals surface area contributed by atoms with Crippen molar-refractivity contribution in [2.24, 2.45) is 11.5 Å². The third-order valence-electron chi connectivity index (χ3n) is 2.99. The minimum atomic E-state index is 0.701. The summed E-state index contributed by atoms with van der Waals surface area (Å²) in [5.41, 5.74) is 13.3. The van der Waals surface area contributed by atoms with E-state index in [1.165, 1.54) is 11.1 Å². The average Bonchev–Trinajstić information content (AvgIpc) is 2.58. The summed E-state index contributed by atoms with van der Waals surface area (Å²) in [6.07, 6.45) is 0. The fourth-order valence-corrected chi connectivity index (χ4v) is 1.86. The van der Waals surface area contributed by atoms with Gasteiger partial charge >= 0.3 is 0 Å². The zero-order valence-electron chi connectivity index (χ0n) is 13.2. The molecule has 0 aliphatic carbocycles. The molecule has 6 N–H and O–H groups in total. The molecule has 0 fully saturated rings. The van der Waals surface area contributed by atoms with Crippen molar-refractivity contribution in [3.8, 4) is 0 Å². The largest absolute Gasteiger partial charge is 0.329 e. The molecule has 0 aliphatic heterocycles. The second kappa shape index (κ2) is 13.0. The lowest BCUT2D eigenvalue weighted by Crippen LogP contribution is -2.21. The van der Waals surface area contributed by atoms with Crippen LogP contribution in [0.5, 0.6) is 0 Å². The Morgan fingerprint density at radius 3 is 1.27 bits per heavy atom. The summed E-state index contributed by atoms with van der Waals surface area (Å²) in [6, 6.07) is 20.6. The third-order valence-corrected chi connectivity index (χ3v) is 2.99. The van der Waals surface area contributed by atoms with Crippen molar-refractivity contribution in [1.29, 1.82) is 0 Å². The normalized spacial score (nSPS) is 9.91. The summed E-state index contributed by atoms with van der Waals surface area (Å²) in [5.74, 6) is 0. The van der Waals surface area contributed by atoms with Gasteiger partial charge in [0.05, 0.1) is 0 Å². The van der Waals surface area contributed by atoms with Gasteiger partial charge in [-0.3, -0.25) is 0 Å². The molecule has 0 amide bonds. The Morgan fingerprint density at radius 2 is 0.955 bits per heavy atom. The van der Waals surface area contributed by atoms with Gasteiger partial charge in [-0.15, -0.1) is 0 Å². The Morgan fingerprint density at radius 1 is 0.591 bits per heavy atom. The minimum Gasteiger partial charge on any atom is -0.329 e. The number of rotatable bonds is 8. The fraction of sp³-hybridized carbons (Fsp3) is 0.333. The summed E-state index contributed by atoms with van der Waals surface area (Å²) in [4.78, 5) is 0. The van der Waals surface area contributed by atoms with Gasteiger partial charge in [0.15, 0.2) is 0 Å². The highest BCUT2D eigenvalue weighted by Crippen LogP contribution is 1.96. The maximum absolute atomic E-state index is 5.33. The van der Waals surface area contributed by atoms with E-state index < -0.39 is 0 Å². The van der Waals surface area contributed by atoms with Gasteiger partial charge in [-0.25, -0.2) is 0 Å². The maximum atomic E-state index is 5.33. The van der Waals surface area contributed by atoms with Gasteiger partial charge in [0.25, 0.3) is 0 Å². The van der Waals surface area contributed by atoms with Gasteiger partial charge in [-0.2, -0.15) is 0 Å². The summed E-state index contributed by atoms with van der Waals surface area (Å²) >= 11 is 0. The Kier molecular flexibility index (Phi) is 10.8. The minimum absolute atomic E-state index is 0.701. The molecule has 0 heterocycles. The quantitative estimate of drug-likeness (QED) is 0.557. The van der Waals surface area contributed by atoms with Crippen LogP contribution in [0.15, 0.2) is 60.7 Å². The summed E-state index contributed by atoms with van der Waals surface area (Å²) < 4.78 is 0. The zero-order valence-corrected chi connectivity index (χ0v) is 13.2. The van der Waals surface area contributed by atoms with Crippen molar-refractivity contribution < 1.29 is 0 Å². The molecule has 0 saturated carbocycles. The number of nitrogens with two attached hydrogens (primary N) is 2. The Balaban J connectivity index is 0.000000220. The number of hydrogen-bond donors (Lipinski definition) is 4. The molecular weight excluding hydrogens is 272 g/mol. The monoisotopic (exact) mass is 300 g/mol. The smallest absolute Gasteiger partial charge is 0.0206 e. The lowest BCUT2D eigenvalue weighted by molar-refractivity contribution is 0.695. The molecule has 0 atom stereocenters. The molecule has 0 aliphatic rings. The van der Waals surface area contributed by atoms with Crippen molar-refractivity contribution in [2.45, 2.75) is 13.1 Å². The van der Waals surface area contributed by atoms with Crippen LogP contribution in [-0.2, 0) is 13.1 Å². The van der Waals surface area contributed by atoms with E-state index in [2.05, 4.69) is 34.9 Å². The molecule has 22 heavy (non-hydrogen) atoms. The summed E-state index contributed by atoms with van der Waals surface area (Å²) in [6.45, 7) is 5.00. The van der Waals surface area contributed by atoms with E-state index in [1.807, 2.05) is 36.4 Å². The number of benzene rings is 2. The molecule has 0 unspecified atom stereocenters. The van der Waals surface area contributed by atoms with Crippen molar-refractivity contribution in [3.63, 3.8) is 0 Å². The molecule has 120 valence electrons. The van der Waals surface area contributed by atoms with Gasteiger partial charge in [0.1, 0.15) is 0 Å². The van der Waals surface area contributed by atoms with Crippen LogP contribution >= 0.6 is 0 Å². The van der Waals surface area contributed by atoms with Crippen LogP contribution in [0.1, 0.15) is 11.1 Å². The van der Waals surface area contributed by atoms with E-state index in [0.717, 1.165) is 26.2 Å². The predicted octanol–water partition coefficient (Wildman–Crippen LogP) is 1.47. The van der Waals surface area contributed by atoms with E-state index >= 15 is 0 Å². The topological polar surface area (TPSA) is 76.1 Å². The average molecular weight is 300 g/mol. The zero-order chi connectivity index (χ0) is 15.9. The van der Waals surface area contributed by atoms with Gasteiger partial charge < -0.3 is 22.1 Å².